The van der Waals surface area contributed by atoms with Crippen LogP contribution in [0.3, 0.4) is 0 Å². The largest absolute Gasteiger partial charge is 0.341 e. The standard InChI is InChI=1S/C14H17N3O3S2/c1-10(8-17-6-2-3-14(17)18)16-22(19,20)11-4-5-13-12(7-11)15-9-21-13/h4-5,7,9-10,16H,2-3,6,8H2,1H3. The predicted molar refractivity (Wildman–Crippen MR) is 85.2 cm³/mol. The van der Waals surface area contributed by atoms with E-state index in [1.165, 1.54) is 11.3 Å². The number of likely N-dealkylation sites (tertiary alicyclic amines) is 1. The van der Waals surface area contributed by atoms with E-state index in [4.69, 9.17) is 0 Å². The van der Waals surface area contributed by atoms with Gasteiger partial charge in [-0.2, -0.15) is 0 Å². The molecule has 0 radical (unpaired) electrons. The number of fused-ring (bicyclic) bond motifs is 1. The zero-order valence-electron chi connectivity index (χ0n) is 12.2. The van der Waals surface area contributed by atoms with Crippen LogP contribution in [0.5, 0.6) is 0 Å². The zero-order valence-corrected chi connectivity index (χ0v) is 13.8. The molecule has 1 N–H and O–H groups in total. The van der Waals surface area contributed by atoms with E-state index in [9.17, 15) is 13.2 Å². The second-order valence-electron chi connectivity index (χ2n) is 5.45. The summed E-state index contributed by atoms with van der Waals surface area (Å²) in [5.41, 5.74) is 2.37. The lowest BCUT2D eigenvalue weighted by Gasteiger charge is -2.21. The van der Waals surface area contributed by atoms with Gasteiger partial charge >= 0.3 is 0 Å². The molecule has 1 amide bonds. The third-order valence-corrected chi connectivity index (χ3v) is 6.03. The lowest BCUT2D eigenvalue weighted by Crippen LogP contribution is -2.42. The van der Waals surface area contributed by atoms with Crippen LogP contribution in [0.4, 0.5) is 0 Å². The summed E-state index contributed by atoms with van der Waals surface area (Å²) in [5, 5.41) is 0. The summed E-state index contributed by atoms with van der Waals surface area (Å²) in [4.78, 5) is 17.6. The predicted octanol–water partition coefficient (Wildman–Crippen LogP) is 1.59. The molecule has 3 rings (SSSR count). The molecule has 8 heteroatoms. The highest BCUT2D eigenvalue weighted by Crippen LogP contribution is 2.21. The Morgan fingerprint density at radius 1 is 1.45 bits per heavy atom. The quantitative estimate of drug-likeness (QED) is 0.897. The van der Waals surface area contributed by atoms with Crippen molar-refractivity contribution >= 4 is 37.5 Å². The lowest BCUT2D eigenvalue weighted by atomic mass is 10.3. The summed E-state index contributed by atoms with van der Waals surface area (Å²) < 4.78 is 28.4. The molecule has 1 aromatic heterocycles. The average molecular weight is 339 g/mol. The highest BCUT2D eigenvalue weighted by molar-refractivity contribution is 7.89. The van der Waals surface area contributed by atoms with Crippen molar-refractivity contribution in [3.8, 4) is 0 Å². The second-order valence-corrected chi connectivity index (χ2v) is 8.05. The van der Waals surface area contributed by atoms with E-state index in [1.54, 1.807) is 35.5 Å². The van der Waals surface area contributed by atoms with Gasteiger partial charge < -0.3 is 4.90 Å². The maximum Gasteiger partial charge on any atom is 0.240 e. The van der Waals surface area contributed by atoms with Crippen LogP contribution < -0.4 is 4.72 Å². The Hall–Kier alpha value is -1.51. The molecule has 0 aliphatic carbocycles. The number of nitrogens with zero attached hydrogens (tertiary/aromatic N) is 2. The molecule has 6 nitrogen and oxygen atoms in total. The molecule has 1 unspecified atom stereocenters. The molecule has 1 atom stereocenters. The van der Waals surface area contributed by atoms with E-state index in [1.807, 2.05) is 0 Å². The van der Waals surface area contributed by atoms with Gasteiger partial charge in [-0.05, 0) is 31.5 Å². The third-order valence-electron chi connectivity index (χ3n) is 3.63. The number of carbonyl (C=O) groups excluding carboxylic acids is 1. The van der Waals surface area contributed by atoms with Gasteiger partial charge in [0, 0.05) is 25.6 Å². The Bertz CT molecular complexity index is 801. The molecule has 118 valence electrons. The van der Waals surface area contributed by atoms with Gasteiger partial charge in [-0.1, -0.05) is 0 Å². The smallest absolute Gasteiger partial charge is 0.240 e. The van der Waals surface area contributed by atoms with E-state index in [0.717, 1.165) is 11.1 Å². The molecule has 22 heavy (non-hydrogen) atoms. The Labute approximate surface area is 133 Å². The number of rotatable bonds is 5. The van der Waals surface area contributed by atoms with Crippen LogP contribution in [0.2, 0.25) is 0 Å². The van der Waals surface area contributed by atoms with Crippen LogP contribution in [-0.2, 0) is 14.8 Å². The van der Waals surface area contributed by atoms with Crippen molar-refractivity contribution in [3.05, 3.63) is 23.7 Å². The molecule has 2 heterocycles. The highest BCUT2D eigenvalue weighted by atomic mass is 32.2. The lowest BCUT2D eigenvalue weighted by molar-refractivity contribution is -0.127. The fraction of sp³-hybridized carbons (Fsp3) is 0.429. The van der Waals surface area contributed by atoms with Crippen LogP contribution in [0.1, 0.15) is 19.8 Å². The molecule has 1 aliphatic rings. The first kappa shape index (κ1) is 15.4. The molecular formula is C14H17N3O3S2. The van der Waals surface area contributed by atoms with Gasteiger partial charge in [0.25, 0.3) is 0 Å². The topological polar surface area (TPSA) is 79.4 Å². The summed E-state index contributed by atoms with van der Waals surface area (Å²) >= 11 is 1.47. The van der Waals surface area contributed by atoms with Gasteiger partial charge in [0.15, 0.2) is 0 Å². The van der Waals surface area contributed by atoms with E-state index in [2.05, 4.69) is 9.71 Å². The van der Waals surface area contributed by atoms with Gasteiger partial charge in [0.1, 0.15) is 0 Å². The van der Waals surface area contributed by atoms with Crippen LogP contribution in [0.25, 0.3) is 10.2 Å². The Morgan fingerprint density at radius 2 is 2.27 bits per heavy atom. The number of thiazole rings is 1. The first-order valence-electron chi connectivity index (χ1n) is 7.09. The molecule has 1 saturated heterocycles. The second kappa shape index (κ2) is 5.94. The summed E-state index contributed by atoms with van der Waals surface area (Å²) in [7, 11) is -3.61. The van der Waals surface area contributed by atoms with E-state index >= 15 is 0 Å². The SMILES string of the molecule is CC(CN1CCCC1=O)NS(=O)(=O)c1ccc2scnc2c1. The number of aromatic nitrogens is 1. The number of amides is 1. The van der Waals surface area contributed by atoms with Gasteiger partial charge in [0.2, 0.25) is 15.9 Å². The van der Waals surface area contributed by atoms with Crippen LogP contribution in [0, 0.1) is 0 Å². The van der Waals surface area contributed by atoms with Crippen molar-refractivity contribution in [2.75, 3.05) is 13.1 Å². The van der Waals surface area contributed by atoms with Gasteiger partial charge in [0.05, 0.1) is 20.6 Å². The van der Waals surface area contributed by atoms with Crippen molar-refractivity contribution in [1.29, 1.82) is 0 Å². The van der Waals surface area contributed by atoms with E-state index in [0.29, 0.717) is 25.0 Å². The molecule has 1 fully saturated rings. The number of benzene rings is 1. The minimum atomic E-state index is -3.61. The number of sulfonamides is 1. The zero-order chi connectivity index (χ0) is 15.7. The molecule has 0 saturated carbocycles. The number of carbonyl (C=O) groups is 1. The minimum Gasteiger partial charge on any atom is -0.341 e. The summed E-state index contributed by atoms with van der Waals surface area (Å²) in [6, 6.07) is 4.58. The molecular weight excluding hydrogens is 322 g/mol. The molecule has 0 bridgehead atoms. The minimum absolute atomic E-state index is 0.0925. The van der Waals surface area contributed by atoms with Gasteiger partial charge in [-0.25, -0.2) is 18.1 Å². The molecule has 1 aliphatic heterocycles. The molecule has 0 spiro atoms. The van der Waals surface area contributed by atoms with Gasteiger partial charge in [-0.15, -0.1) is 11.3 Å². The van der Waals surface area contributed by atoms with Crippen LogP contribution in [0.15, 0.2) is 28.6 Å². The maximum absolute atomic E-state index is 12.4. The van der Waals surface area contributed by atoms with Crippen molar-refractivity contribution < 1.29 is 13.2 Å². The number of nitrogens with one attached hydrogen (secondary N) is 1. The summed E-state index contributed by atoms with van der Waals surface area (Å²) in [6.07, 6.45) is 1.40. The summed E-state index contributed by atoms with van der Waals surface area (Å²) in [5.74, 6) is 0.0925. The fourth-order valence-electron chi connectivity index (χ4n) is 2.60. The van der Waals surface area contributed by atoms with Crippen molar-refractivity contribution in [2.45, 2.75) is 30.7 Å². The third kappa shape index (κ3) is 3.13. The van der Waals surface area contributed by atoms with Crippen molar-refractivity contribution in [1.82, 2.24) is 14.6 Å². The first-order chi connectivity index (χ1) is 10.5. The Balaban J connectivity index is 1.73. The first-order valence-corrected chi connectivity index (χ1v) is 9.45. The highest BCUT2D eigenvalue weighted by Gasteiger charge is 2.24. The van der Waals surface area contributed by atoms with Crippen molar-refractivity contribution in [2.24, 2.45) is 0 Å². The van der Waals surface area contributed by atoms with Crippen molar-refractivity contribution in [3.63, 3.8) is 0 Å². The average Bonchev–Trinajstić information content (AvgIpc) is 3.06. The van der Waals surface area contributed by atoms with Crippen LogP contribution >= 0.6 is 11.3 Å². The molecule has 1 aromatic carbocycles. The van der Waals surface area contributed by atoms with E-state index < -0.39 is 10.0 Å². The normalized spacial score (nSPS) is 17.3. The monoisotopic (exact) mass is 339 g/mol. The Morgan fingerprint density at radius 3 is 3.00 bits per heavy atom. The Kier molecular flexibility index (Phi) is 4.16. The molecule has 2 aromatic rings. The summed E-state index contributed by atoms with van der Waals surface area (Å²) in [6.45, 7) is 2.87. The number of hydrogen-bond acceptors (Lipinski definition) is 5. The fourth-order valence-corrected chi connectivity index (χ4v) is 4.52. The van der Waals surface area contributed by atoms with Crippen LogP contribution in [-0.4, -0.2) is 43.3 Å². The maximum atomic E-state index is 12.4. The number of hydrogen-bond donors (Lipinski definition) is 1. The van der Waals surface area contributed by atoms with Gasteiger partial charge in [-0.3, -0.25) is 4.79 Å². The van der Waals surface area contributed by atoms with E-state index in [-0.39, 0.29) is 16.8 Å².